The van der Waals surface area contributed by atoms with Crippen LogP contribution in [0.15, 0.2) is 0 Å². The molecule has 0 bridgehead atoms. The van der Waals surface area contributed by atoms with Crippen molar-refractivity contribution in [1.82, 2.24) is 0 Å². The number of unbranched alkanes of at least 4 members (excludes halogenated alkanes) is 1. The molecule has 0 aliphatic heterocycles. The molecule has 0 N–H and O–H groups in total. The zero-order valence-corrected chi connectivity index (χ0v) is 6.94. The third-order valence-electron chi connectivity index (χ3n) is 0.530. The van der Waals surface area contributed by atoms with Crippen LogP contribution in [-0.4, -0.2) is 16.5 Å². The van der Waals surface area contributed by atoms with Crippen LogP contribution >= 0.6 is 12.4 Å². The predicted molar refractivity (Wildman–Crippen MR) is 32.7 cm³/mol. The fourth-order valence-corrected chi connectivity index (χ4v) is 0.919. The third kappa shape index (κ3) is 8.85. The molecule has 0 rings (SSSR count). The quantitative estimate of drug-likeness (QED) is 0.549. The monoisotopic (exact) mass is 167 g/mol. The van der Waals surface area contributed by atoms with Crippen LogP contribution in [0, 0.1) is 0 Å². The molecular formula is C4H10ClGe. The molecule has 0 amide bonds. The van der Waals surface area contributed by atoms with Crippen molar-refractivity contribution in [3.8, 4) is 0 Å². The van der Waals surface area contributed by atoms with Gasteiger partial charge in [0.05, 0.1) is 0 Å². The first kappa shape index (κ1) is 9.95. The standard InChI is InChI=1S/C4H9Ge.ClH/c1-2-3-4-5;/h2-4H2,1H3;1H. The summed E-state index contributed by atoms with van der Waals surface area (Å²) in [6.45, 7) is 2.21. The average Bonchev–Trinajstić information content (AvgIpc) is 1.41. The maximum Gasteiger partial charge on any atom is -0.147 e. The Morgan fingerprint density at radius 2 is 2.00 bits per heavy atom. The van der Waals surface area contributed by atoms with Gasteiger partial charge in [-0.25, -0.2) is 0 Å². The Balaban J connectivity index is 0. The van der Waals surface area contributed by atoms with Gasteiger partial charge in [0.2, 0.25) is 0 Å². The average molecular weight is 166 g/mol. The smallest absolute Gasteiger partial charge is 0.147 e. The van der Waals surface area contributed by atoms with E-state index in [2.05, 4.69) is 23.4 Å². The summed E-state index contributed by atoms with van der Waals surface area (Å²) in [7, 11) is 0. The minimum absolute atomic E-state index is 0. The Kier molecular flexibility index (Phi) is 15.4. The Bertz CT molecular complexity index is 15.0. The van der Waals surface area contributed by atoms with Crippen LogP contribution in [-0.2, 0) is 0 Å². The molecule has 0 aromatic rings. The largest absolute Gasteiger partial charge is 0.147 e. The van der Waals surface area contributed by atoms with Crippen molar-refractivity contribution in [3.05, 3.63) is 0 Å². The zero-order valence-electron chi connectivity index (χ0n) is 4.03. The molecule has 0 heterocycles. The molecule has 37 valence electrons. The van der Waals surface area contributed by atoms with Crippen molar-refractivity contribution in [2.24, 2.45) is 0 Å². The summed E-state index contributed by atoms with van der Waals surface area (Å²) < 4.78 is 0. The van der Waals surface area contributed by atoms with Gasteiger partial charge >= 0.3 is 41.5 Å². The molecular weight excluding hydrogens is 156 g/mol. The van der Waals surface area contributed by atoms with Crippen LogP contribution in [0.5, 0.6) is 0 Å². The predicted octanol–water partition coefficient (Wildman–Crippen LogP) is 1.80. The first-order valence-corrected chi connectivity index (χ1v) is 3.54. The van der Waals surface area contributed by atoms with Gasteiger partial charge in [-0.15, -0.1) is 12.4 Å². The zero-order chi connectivity index (χ0) is 4.12. The van der Waals surface area contributed by atoms with Crippen LogP contribution < -0.4 is 0 Å². The van der Waals surface area contributed by atoms with Crippen molar-refractivity contribution in [1.29, 1.82) is 0 Å². The molecule has 0 saturated carbocycles. The maximum absolute atomic E-state index is 2.21. The molecule has 0 fully saturated rings. The molecule has 0 aromatic carbocycles. The summed E-state index contributed by atoms with van der Waals surface area (Å²) in [5.74, 6) is 0. The normalized spacial score (nSPS) is 7.00. The van der Waals surface area contributed by atoms with Crippen LogP contribution in [0.25, 0.3) is 0 Å². The van der Waals surface area contributed by atoms with E-state index in [1.165, 1.54) is 18.1 Å². The fourth-order valence-electron chi connectivity index (χ4n) is 0.177. The van der Waals surface area contributed by atoms with E-state index in [1.54, 1.807) is 0 Å². The first-order chi connectivity index (χ1) is 2.41. The van der Waals surface area contributed by atoms with E-state index < -0.39 is 0 Å². The van der Waals surface area contributed by atoms with Gasteiger partial charge in [-0.1, -0.05) is 0 Å². The number of hydrogen-bond acceptors (Lipinski definition) is 0. The van der Waals surface area contributed by atoms with Crippen LogP contribution in [0.4, 0.5) is 0 Å². The van der Waals surface area contributed by atoms with Crippen molar-refractivity contribution < 1.29 is 0 Å². The van der Waals surface area contributed by atoms with Crippen LogP contribution in [0.3, 0.4) is 0 Å². The Hall–Kier alpha value is 0.833. The molecule has 0 aromatic heterocycles. The van der Waals surface area contributed by atoms with Crippen molar-refractivity contribution in [2.75, 3.05) is 0 Å². The maximum atomic E-state index is 2.21. The van der Waals surface area contributed by atoms with Crippen molar-refractivity contribution >= 4 is 28.9 Å². The SMILES string of the molecule is CCC[CH2][Ge].Cl. The molecule has 2 heteroatoms. The molecule has 0 nitrogen and oxygen atoms in total. The van der Waals surface area contributed by atoms with E-state index in [4.69, 9.17) is 0 Å². The van der Waals surface area contributed by atoms with Gasteiger partial charge < -0.3 is 0 Å². The van der Waals surface area contributed by atoms with E-state index in [0.29, 0.717) is 0 Å². The second-order valence-electron chi connectivity index (χ2n) is 1.10. The summed E-state index contributed by atoms with van der Waals surface area (Å²) in [5.41, 5.74) is 0. The number of hydrogen-bond donors (Lipinski definition) is 0. The van der Waals surface area contributed by atoms with E-state index in [0.717, 1.165) is 0 Å². The molecule has 0 saturated heterocycles. The third-order valence-corrected chi connectivity index (χ3v) is 1.27. The van der Waals surface area contributed by atoms with E-state index in [1.807, 2.05) is 0 Å². The Morgan fingerprint density at radius 3 is 2.00 bits per heavy atom. The fraction of sp³-hybridized carbons (Fsp3) is 1.00. The van der Waals surface area contributed by atoms with E-state index in [9.17, 15) is 0 Å². The second kappa shape index (κ2) is 9.27. The summed E-state index contributed by atoms with van der Waals surface area (Å²) in [5, 5.41) is 1.34. The van der Waals surface area contributed by atoms with Gasteiger partial charge in [-0.05, 0) is 0 Å². The summed E-state index contributed by atoms with van der Waals surface area (Å²) >= 11 is 2.21. The van der Waals surface area contributed by atoms with Gasteiger partial charge in [-0.2, -0.15) is 0 Å². The number of rotatable bonds is 2. The minimum Gasteiger partial charge on any atom is -0.147 e. The number of halogens is 1. The summed E-state index contributed by atoms with van der Waals surface area (Å²) in [6, 6.07) is 0. The van der Waals surface area contributed by atoms with Crippen LogP contribution in [0.2, 0.25) is 5.25 Å². The van der Waals surface area contributed by atoms with E-state index in [-0.39, 0.29) is 12.4 Å². The van der Waals surface area contributed by atoms with Gasteiger partial charge in [0.15, 0.2) is 0 Å². The molecule has 0 atom stereocenters. The van der Waals surface area contributed by atoms with Gasteiger partial charge in [-0.3, -0.25) is 0 Å². The van der Waals surface area contributed by atoms with Gasteiger partial charge in [0.1, 0.15) is 0 Å². The van der Waals surface area contributed by atoms with Gasteiger partial charge in [0.25, 0.3) is 0 Å². The molecule has 0 aliphatic rings. The minimum atomic E-state index is 0. The van der Waals surface area contributed by atoms with Crippen LogP contribution in [0.1, 0.15) is 19.8 Å². The first-order valence-electron chi connectivity index (χ1n) is 2.06. The second-order valence-corrected chi connectivity index (χ2v) is 2.15. The van der Waals surface area contributed by atoms with Crippen molar-refractivity contribution in [3.63, 3.8) is 0 Å². The topological polar surface area (TPSA) is 0 Å². The molecule has 0 spiro atoms. The van der Waals surface area contributed by atoms with E-state index >= 15 is 0 Å². The Morgan fingerprint density at radius 1 is 1.50 bits per heavy atom. The molecule has 0 aliphatic carbocycles. The molecule has 3 radical (unpaired) electrons. The molecule has 0 unspecified atom stereocenters. The van der Waals surface area contributed by atoms with Gasteiger partial charge in [0, 0.05) is 0 Å². The molecule has 6 heavy (non-hydrogen) atoms. The Labute approximate surface area is 54.3 Å². The van der Waals surface area contributed by atoms with Crippen molar-refractivity contribution in [2.45, 2.75) is 25.0 Å². The summed E-state index contributed by atoms with van der Waals surface area (Å²) in [6.07, 6.45) is 2.73. The summed E-state index contributed by atoms with van der Waals surface area (Å²) in [4.78, 5) is 0.